The van der Waals surface area contributed by atoms with Gasteiger partial charge in [-0.1, -0.05) is 73.0 Å². The van der Waals surface area contributed by atoms with Crippen molar-refractivity contribution >= 4 is 0 Å². The van der Waals surface area contributed by atoms with E-state index in [-0.39, 0.29) is 0 Å². The molecule has 0 heterocycles. The van der Waals surface area contributed by atoms with Gasteiger partial charge in [-0.25, -0.2) is 0 Å². The topological polar surface area (TPSA) is 0 Å². The second-order valence-corrected chi connectivity index (χ2v) is 13.3. The molecule has 0 aromatic heterocycles. The molecular weight excluding hydrogens is 360 g/mol. The Hall–Kier alpha value is -0.260. The lowest BCUT2D eigenvalue weighted by Crippen LogP contribution is -2.50. The molecule has 0 spiro atoms. The third kappa shape index (κ3) is 3.75. The van der Waals surface area contributed by atoms with Crippen LogP contribution < -0.4 is 0 Å². The summed E-state index contributed by atoms with van der Waals surface area (Å²) in [4.78, 5) is 0. The van der Waals surface area contributed by atoms with Crippen LogP contribution in [0.3, 0.4) is 0 Å². The molecule has 0 bridgehead atoms. The van der Waals surface area contributed by atoms with Crippen LogP contribution in [0.1, 0.15) is 119 Å². The number of hydrogen-bond donors (Lipinski definition) is 0. The summed E-state index contributed by atoms with van der Waals surface area (Å²) in [6.45, 7) is 17.8. The summed E-state index contributed by atoms with van der Waals surface area (Å²) in [5.41, 5.74) is 3.05. The summed E-state index contributed by atoms with van der Waals surface area (Å²) in [7, 11) is 0. The molecule has 4 aliphatic rings. The Bertz CT molecular complexity index is 628. The Morgan fingerprint density at radius 1 is 0.967 bits per heavy atom. The van der Waals surface area contributed by atoms with E-state index < -0.39 is 0 Å². The molecule has 0 aromatic carbocycles. The molecule has 0 N–H and O–H groups in total. The maximum atomic E-state index is 2.76. The van der Waals surface area contributed by atoms with Crippen LogP contribution in [-0.4, -0.2) is 0 Å². The molecule has 3 saturated carbocycles. The molecule has 9 atom stereocenters. The average molecular weight is 413 g/mol. The van der Waals surface area contributed by atoms with Crippen molar-refractivity contribution in [3.8, 4) is 0 Å². The molecule has 172 valence electrons. The van der Waals surface area contributed by atoms with E-state index in [2.05, 4.69) is 54.5 Å². The summed E-state index contributed by atoms with van der Waals surface area (Å²) in [6.07, 6.45) is 18.9. The molecule has 4 aliphatic carbocycles. The van der Waals surface area contributed by atoms with Crippen LogP contribution in [0.5, 0.6) is 0 Å². The van der Waals surface area contributed by atoms with Crippen LogP contribution in [0.25, 0.3) is 0 Å². The average Bonchev–Trinajstić information content (AvgIpc) is 3.06. The minimum Gasteiger partial charge on any atom is -0.0845 e. The zero-order valence-corrected chi connectivity index (χ0v) is 21.5. The van der Waals surface area contributed by atoms with Crippen molar-refractivity contribution in [1.29, 1.82) is 0 Å². The summed E-state index contributed by atoms with van der Waals surface area (Å²) in [5.74, 6) is 7.59. The van der Waals surface area contributed by atoms with Gasteiger partial charge in [0, 0.05) is 0 Å². The highest BCUT2D eigenvalue weighted by molar-refractivity contribution is 5.25. The smallest absolute Gasteiger partial charge is 0.00851 e. The summed E-state index contributed by atoms with van der Waals surface area (Å²) >= 11 is 0. The van der Waals surface area contributed by atoms with Gasteiger partial charge in [0.1, 0.15) is 0 Å². The van der Waals surface area contributed by atoms with Gasteiger partial charge < -0.3 is 0 Å². The first kappa shape index (κ1) is 22.9. The van der Waals surface area contributed by atoms with Gasteiger partial charge in [0.15, 0.2) is 0 Å². The van der Waals surface area contributed by atoms with Gasteiger partial charge in [0.25, 0.3) is 0 Å². The molecule has 4 rings (SSSR count). The molecule has 0 nitrogen and oxygen atoms in total. The number of hydrogen-bond acceptors (Lipinski definition) is 0. The van der Waals surface area contributed by atoms with E-state index in [4.69, 9.17) is 0 Å². The fraction of sp³-hybridized carbons (Fsp3) is 0.933. The third-order valence-corrected chi connectivity index (χ3v) is 11.6. The lowest BCUT2D eigenvalue weighted by atomic mass is 9.46. The highest BCUT2D eigenvalue weighted by Gasteiger charge is 2.58. The van der Waals surface area contributed by atoms with Gasteiger partial charge in [-0.3, -0.25) is 0 Å². The second kappa shape index (κ2) is 8.59. The van der Waals surface area contributed by atoms with Crippen molar-refractivity contribution in [1.82, 2.24) is 0 Å². The van der Waals surface area contributed by atoms with Gasteiger partial charge in [-0.15, -0.1) is 0 Å². The Labute approximate surface area is 189 Å². The Kier molecular flexibility index (Phi) is 6.56. The van der Waals surface area contributed by atoms with E-state index in [9.17, 15) is 0 Å². The highest BCUT2D eigenvalue weighted by atomic mass is 14.6. The number of rotatable bonds is 6. The van der Waals surface area contributed by atoms with Crippen molar-refractivity contribution in [2.45, 2.75) is 119 Å². The van der Waals surface area contributed by atoms with Crippen molar-refractivity contribution < 1.29 is 0 Å². The zero-order chi connectivity index (χ0) is 21.7. The van der Waals surface area contributed by atoms with E-state index in [1.807, 2.05) is 5.57 Å². The lowest BCUT2D eigenvalue weighted by molar-refractivity contribution is -0.0525. The van der Waals surface area contributed by atoms with Gasteiger partial charge in [-0.2, -0.15) is 0 Å². The Balaban J connectivity index is 1.47. The predicted octanol–water partition coefficient (Wildman–Crippen LogP) is 9.30. The Morgan fingerprint density at radius 2 is 1.73 bits per heavy atom. The molecule has 0 heteroatoms. The van der Waals surface area contributed by atoms with Crippen LogP contribution in [0.4, 0.5) is 0 Å². The molecule has 0 amide bonds. The first-order valence-electron chi connectivity index (χ1n) is 13.9. The van der Waals surface area contributed by atoms with E-state index in [0.717, 1.165) is 47.3 Å². The SMILES string of the molecule is CCC(CC[C@@H](C)C1CC[C@H]2C3CC=C4CC(C)CCC4(C)[C@H]3CCC12C)C(C)C. The van der Waals surface area contributed by atoms with Crippen LogP contribution in [0, 0.1) is 58.2 Å². The van der Waals surface area contributed by atoms with Gasteiger partial charge >= 0.3 is 0 Å². The summed E-state index contributed by atoms with van der Waals surface area (Å²) in [5, 5.41) is 0. The maximum absolute atomic E-state index is 2.76. The first-order chi connectivity index (χ1) is 14.2. The minimum absolute atomic E-state index is 0.548. The molecule has 0 aliphatic heterocycles. The largest absolute Gasteiger partial charge is 0.0845 e. The van der Waals surface area contributed by atoms with E-state index in [0.29, 0.717) is 10.8 Å². The monoisotopic (exact) mass is 412 g/mol. The van der Waals surface area contributed by atoms with Crippen molar-refractivity contribution in [2.24, 2.45) is 58.2 Å². The van der Waals surface area contributed by atoms with Crippen molar-refractivity contribution in [2.75, 3.05) is 0 Å². The van der Waals surface area contributed by atoms with Gasteiger partial charge in [-0.05, 0) is 116 Å². The van der Waals surface area contributed by atoms with Crippen LogP contribution in [0.15, 0.2) is 11.6 Å². The van der Waals surface area contributed by atoms with Crippen LogP contribution >= 0.6 is 0 Å². The summed E-state index contributed by atoms with van der Waals surface area (Å²) < 4.78 is 0. The standard InChI is InChI=1S/C30H52/c1-8-23(20(2)3)10-9-22(5)26-13-14-27-25-12-11-24-19-21(4)15-17-29(24,6)28(25)16-18-30(26,27)7/h11,20-23,25-28H,8-10,12-19H2,1-7H3/t21?,22-,23?,25?,26?,27+,28+,29?,30?/m1/s1. The molecule has 30 heavy (non-hydrogen) atoms. The van der Waals surface area contributed by atoms with Crippen molar-refractivity contribution in [3.05, 3.63) is 11.6 Å². The van der Waals surface area contributed by atoms with Crippen LogP contribution in [-0.2, 0) is 0 Å². The molecule has 0 saturated heterocycles. The van der Waals surface area contributed by atoms with E-state index in [1.54, 1.807) is 0 Å². The molecular formula is C30H52. The Morgan fingerprint density at radius 3 is 2.43 bits per heavy atom. The molecule has 3 fully saturated rings. The zero-order valence-electron chi connectivity index (χ0n) is 21.5. The highest BCUT2D eigenvalue weighted by Crippen LogP contribution is 2.67. The minimum atomic E-state index is 0.548. The third-order valence-electron chi connectivity index (χ3n) is 11.6. The second-order valence-electron chi connectivity index (χ2n) is 13.3. The molecule has 0 aromatic rings. The molecule has 0 radical (unpaired) electrons. The van der Waals surface area contributed by atoms with E-state index >= 15 is 0 Å². The van der Waals surface area contributed by atoms with Gasteiger partial charge in [0.05, 0.1) is 0 Å². The summed E-state index contributed by atoms with van der Waals surface area (Å²) in [6, 6.07) is 0. The molecule has 6 unspecified atom stereocenters. The number of allylic oxidation sites excluding steroid dienone is 2. The fourth-order valence-electron chi connectivity index (χ4n) is 9.51. The maximum Gasteiger partial charge on any atom is -0.00851 e. The van der Waals surface area contributed by atoms with Crippen LogP contribution in [0.2, 0.25) is 0 Å². The fourth-order valence-corrected chi connectivity index (χ4v) is 9.51. The van der Waals surface area contributed by atoms with E-state index in [1.165, 1.54) is 70.6 Å². The predicted molar refractivity (Wildman–Crippen MR) is 131 cm³/mol. The number of fused-ring (bicyclic) bond motifs is 5. The van der Waals surface area contributed by atoms with Crippen molar-refractivity contribution in [3.63, 3.8) is 0 Å². The quantitative estimate of drug-likeness (QED) is 0.381. The lowest BCUT2D eigenvalue weighted by Gasteiger charge is -2.58. The normalized spacial score (nSPS) is 45.3. The first-order valence-corrected chi connectivity index (χ1v) is 13.9. The van der Waals surface area contributed by atoms with Gasteiger partial charge in [0.2, 0.25) is 0 Å².